The van der Waals surface area contributed by atoms with E-state index >= 15 is 0 Å². The molecule has 4 amide bonds. The second kappa shape index (κ2) is 10.2. The van der Waals surface area contributed by atoms with E-state index in [1.807, 2.05) is 0 Å². The molecule has 0 spiro atoms. The van der Waals surface area contributed by atoms with Crippen molar-refractivity contribution in [2.45, 2.75) is 57.6 Å². The first kappa shape index (κ1) is 21.1. The van der Waals surface area contributed by atoms with Crippen molar-refractivity contribution < 1.29 is 19.1 Å². The molecular formula is C21H30N4O4. The quantitative estimate of drug-likeness (QED) is 0.562. The molecular weight excluding hydrogens is 372 g/mol. The minimum absolute atomic E-state index is 0.0296. The average Bonchev–Trinajstić information content (AvgIpc) is 3.42. The summed E-state index contributed by atoms with van der Waals surface area (Å²) in [5, 5.41) is 11.1. The number of amides is 4. The van der Waals surface area contributed by atoms with Crippen molar-refractivity contribution >= 4 is 29.2 Å². The van der Waals surface area contributed by atoms with Gasteiger partial charge in [-0.1, -0.05) is 12.8 Å². The molecule has 1 aliphatic carbocycles. The number of anilines is 2. The Kier molecular flexibility index (Phi) is 7.46. The number of rotatable bonds is 7. The van der Waals surface area contributed by atoms with Crippen molar-refractivity contribution in [1.29, 1.82) is 0 Å². The van der Waals surface area contributed by atoms with Crippen LogP contribution in [-0.4, -0.2) is 43.1 Å². The van der Waals surface area contributed by atoms with Crippen LogP contribution in [0.1, 0.15) is 45.4 Å². The highest BCUT2D eigenvalue weighted by molar-refractivity contribution is 5.97. The van der Waals surface area contributed by atoms with Crippen LogP contribution in [-0.2, 0) is 14.3 Å². The molecule has 1 aliphatic heterocycles. The van der Waals surface area contributed by atoms with Crippen LogP contribution in [0, 0.1) is 5.92 Å². The molecule has 1 saturated carbocycles. The Morgan fingerprint density at radius 3 is 2.28 bits per heavy atom. The molecule has 2 fully saturated rings. The fourth-order valence-corrected chi connectivity index (χ4v) is 3.66. The summed E-state index contributed by atoms with van der Waals surface area (Å²) >= 11 is 0. The number of ether oxygens (including phenoxy) is 1. The number of carbonyl (C=O) groups excluding carboxylic acids is 3. The maximum absolute atomic E-state index is 12.3. The highest BCUT2D eigenvalue weighted by Gasteiger charge is 2.25. The summed E-state index contributed by atoms with van der Waals surface area (Å²) in [6.45, 7) is 2.92. The minimum Gasteiger partial charge on any atom is -0.376 e. The molecule has 1 aromatic rings. The van der Waals surface area contributed by atoms with Crippen molar-refractivity contribution in [3.8, 4) is 0 Å². The summed E-state index contributed by atoms with van der Waals surface area (Å²) < 4.78 is 5.47. The number of benzene rings is 1. The molecule has 0 aromatic heterocycles. The zero-order valence-corrected chi connectivity index (χ0v) is 16.8. The van der Waals surface area contributed by atoms with Gasteiger partial charge >= 0.3 is 6.03 Å². The Morgan fingerprint density at radius 2 is 1.66 bits per heavy atom. The topological polar surface area (TPSA) is 109 Å². The first-order valence-corrected chi connectivity index (χ1v) is 10.4. The van der Waals surface area contributed by atoms with E-state index in [0.717, 1.165) is 45.1 Å². The van der Waals surface area contributed by atoms with Crippen molar-refractivity contribution in [3.63, 3.8) is 0 Å². The van der Waals surface area contributed by atoms with Gasteiger partial charge in [-0.05, 0) is 56.9 Å². The standard InChI is InChI=1S/C21H30N4O4/c1-14(23-20(27)15-5-2-3-6-15)19(26)24-16-8-10-17(11-9-16)25-21(28)22-13-18-7-4-12-29-18/h8-11,14-15,18H,2-7,12-13H2,1H3,(H,23,27)(H,24,26)(H2,22,25,28)/t14-,18-/m1/s1. The van der Waals surface area contributed by atoms with Crippen LogP contribution in [0.5, 0.6) is 0 Å². The third-order valence-electron chi connectivity index (χ3n) is 5.40. The molecule has 1 heterocycles. The predicted octanol–water partition coefficient (Wildman–Crippen LogP) is 2.62. The van der Waals surface area contributed by atoms with Crippen molar-refractivity contribution in [2.75, 3.05) is 23.8 Å². The molecule has 2 atom stereocenters. The Morgan fingerprint density at radius 1 is 1.00 bits per heavy atom. The van der Waals surface area contributed by atoms with Crippen LogP contribution in [0.15, 0.2) is 24.3 Å². The maximum atomic E-state index is 12.3. The molecule has 29 heavy (non-hydrogen) atoms. The molecule has 0 radical (unpaired) electrons. The van der Waals surface area contributed by atoms with Crippen LogP contribution in [0.3, 0.4) is 0 Å². The molecule has 3 rings (SSSR count). The Bertz CT molecular complexity index is 710. The molecule has 0 bridgehead atoms. The zero-order chi connectivity index (χ0) is 20.6. The molecule has 0 unspecified atom stereocenters. The normalized spacial score (nSPS) is 20.1. The summed E-state index contributed by atoms with van der Waals surface area (Å²) in [6.07, 6.45) is 6.04. The third-order valence-corrected chi connectivity index (χ3v) is 5.40. The van der Waals surface area contributed by atoms with Crippen LogP contribution in [0.2, 0.25) is 0 Å². The van der Waals surface area contributed by atoms with Gasteiger partial charge in [0.2, 0.25) is 11.8 Å². The van der Waals surface area contributed by atoms with Crippen LogP contribution in [0.4, 0.5) is 16.2 Å². The fourth-order valence-electron chi connectivity index (χ4n) is 3.66. The largest absolute Gasteiger partial charge is 0.376 e. The molecule has 2 aliphatic rings. The van der Waals surface area contributed by atoms with Crippen molar-refractivity contribution in [1.82, 2.24) is 10.6 Å². The summed E-state index contributed by atoms with van der Waals surface area (Å²) in [5.41, 5.74) is 1.22. The van der Waals surface area contributed by atoms with E-state index in [1.54, 1.807) is 31.2 Å². The van der Waals surface area contributed by atoms with Gasteiger partial charge in [0, 0.05) is 30.4 Å². The molecule has 1 saturated heterocycles. The average molecular weight is 402 g/mol. The van der Waals surface area contributed by atoms with Gasteiger partial charge in [0.05, 0.1) is 6.10 Å². The first-order chi connectivity index (χ1) is 14.0. The lowest BCUT2D eigenvalue weighted by atomic mass is 10.1. The predicted molar refractivity (Wildman–Crippen MR) is 111 cm³/mol. The highest BCUT2D eigenvalue weighted by atomic mass is 16.5. The SMILES string of the molecule is C[C@@H](NC(=O)C1CCCC1)C(=O)Nc1ccc(NC(=O)NC[C@H]2CCCO2)cc1. The van der Waals surface area contributed by atoms with Crippen LogP contribution >= 0.6 is 0 Å². The minimum atomic E-state index is -0.607. The Hall–Kier alpha value is -2.61. The van der Waals surface area contributed by atoms with Crippen LogP contribution in [0.25, 0.3) is 0 Å². The number of carbonyl (C=O) groups is 3. The smallest absolute Gasteiger partial charge is 0.319 e. The molecule has 158 valence electrons. The molecule has 8 heteroatoms. The summed E-state index contributed by atoms with van der Waals surface area (Å²) in [4.78, 5) is 36.4. The first-order valence-electron chi connectivity index (χ1n) is 10.4. The van der Waals surface area contributed by atoms with Gasteiger partial charge in [0.15, 0.2) is 0 Å². The lowest BCUT2D eigenvalue weighted by Gasteiger charge is -2.17. The summed E-state index contributed by atoms with van der Waals surface area (Å²) in [6, 6.07) is 5.94. The lowest BCUT2D eigenvalue weighted by molar-refractivity contribution is -0.128. The molecule has 1 aromatic carbocycles. The lowest BCUT2D eigenvalue weighted by Crippen LogP contribution is -2.43. The van der Waals surface area contributed by atoms with Gasteiger partial charge in [-0.25, -0.2) is 4.79 Å². The highest BCUT2D eigenvalue weighted by Crippen LogP contribution is 2.24. The maximum Gasteiger partial charge on any atom is 0.319 e. The third kappa shape index (κ3) is 6.45. The summed E-state index contributed by atoms with van der Waals surface area (Å²) in [7, 11) is 0. The van der Waals surface area contributed by atoms with Crippen LogP contribution < -0.4 is 21.3 Å². The molecule has 4 N–H and O–H groups in total. The fraction of sp³-hybridized carbons (Fsp3) is 0.571. The van der Waals surface area contributed by atoms with E-state index < -0.39 is 6.04 Å². The monoisotopic (exact) mass is 402 g/mol. The summed E-state index contributed by atoms with van der Waals surface area (Å²) in [5.74, 6) is -0.285. The number of urea groups is 1. The van der Waals surface area contributed by atoms with E-state index in [9.17, 15) is 14.4 Å². The van der Waals surface area contributed by atoms with E-state index in [0.29, 0.717) is 17.9 Å². The molecule has 8 nitrogen and oxygen atoms in total. The van der Waals surface area contributed by atoms with Crippen molar-refractivity contribution in [2.24, 2.45) is 5.92 Å². The second-order valence-corrected chi connectivity index (χ2v) is 7.75. The van der Waals surface area contributed by atoms with E-state index in [2.05, 4.69) is 21.3 Å². The van der Waals surface area contributed by atoms with Gasteiger partial charge in [-0.2, -0.15) is 0 Å². The van der Waals surface area contributed by atoms with Gasteiger partial charge in [0.25, 0.3) is 0 Å². The van der Waals surface area contributed by atoms with Gasteiger partial charge in [-0.3, -0.25) is 9.59 Å². The zero-order valence-electron chi connectivity index (χ0n) is 16.8. The van der Waals surface area contributed by atoms with E-state index in [4.69, 9.17) is 4.74 Å². The van der Waals surface area contributed by atoms with E-state index in [-0.39, 0.29) is 29.9 Å². The number of hydrogen-bond acceptors (Lipinski definition) is 4. The number of hydrogen-bond donors (Lipinski definition) is 4. The Labute approximate surface area is 171 Å². The Balaban J connectivity index is 1.41. The van der Waals surface area contributed by atoms with E-state index in [1.165, 1.54) is 0 Å². The number of nitrogens with one attached hydrogen (secondary N) is 4. The van der Waals surface area contributed by atoms with Gasteiger partial charge < -0.3 is 26.0 Å². The van der Waals surface area contributed by atoms with Gasteiger partial charge in [-0.15, -0.1) is 0 Å². The van der Waals surface area contributed by atoms with Crippen molar-refractivity contribution in [3.05, 3.63) is 24.3 Å². The second-order valence-electron chi connectivity index (χ2n) is 7.75. The van der Waals surface area contributed by atoms with Gasteiger partial charge in [0.1, 0.15) is 6.04 Å².